The molecule has 4 heteroatoms. The van der Waals surface area contributed by atoms with Crippen molar-refractivity contribution in [3.05, 3.63) is 24.0 Å². The molecule has 0 saturated heterocycles. The number of hydrogen-bond donors (Lipinski definition) is 1. The Morgan fingerprint density at radius 1 is 1.47 bits per heavy atom. The molecule has 1 aromatic rings. The lowest BCUT2D eigenvalue weighted by molar-refractivity contribution is 0.0765. The summed E-state index contributed by atoms with van der Waals surface area (Å²) in [6.07, 6.45) is 5.65. The van der Waals surface area contributed by atoms with Crippen molar-refractivity contribution in [1.29, 1.82) is 5.26 Å². The highest BCUT2D eigenvalue weighted by Gasteiger charge is 1.99. The molecule has 0 radical (unpaired) electrons. The maximum Gasteiger partial charge on any atom is 0.101 e. The number of ether oxygens (including phenoxy) is 1. The van der Waals surface area contributed by atoms with Crippen LogP contribution in [0.4, 0.5) is 5.69 Å². The lowest BCUT2D eigenvalue weighted by Gasteiger charge is -2.09. The molecule has 0 aliphatic rings. The second-order valence-electron chi connectivity index (χ2n) is 4.09. The van der Waals surface area contributed by atoms with E-state index in [-0.39, 0.29) is 0 Å². The molecule has 1 rings (SSSR count). The molecule has 0 fully saturated rings. The summed E-state index contributed by atoms with van der Waals surface area (Å²) in [5, 5.41) is 12.1. The highest BCUT2D eigenvalue weighted by molar-refractivity contribution is 5.55. The highest BCUT2D eigenvalue weighted by atomic mass is 16.5. The lowest BCUT2D eigenvalue weighted by Crippen LogP contribution is -2.07. The summed E-state index contributed by atoms with van der Waals surface area (Å²) in [7, 11) is 0. The molecule has 4 nitrogen and oxygen atoms in total. The Kier molecular flexibility index (Phi) is 6.05. The van der Waals surface area contributed by atoms with Crippen LogP contribution in [0, 0.1) is 11.3 Å². The van der Waals surface area contributed by atoms with E-state index in [0.29, 0.717) is 11.7 Å². The zero-order valence-electron chi connectivity index (χ0n) is 10.4. The van der Waals surface area contributed by atoms with E-state index in [1.165, 1.54) is 0 Å². The van der Waals surface area contributed by atoms with Crippen molar-refractivity contribution >= 4 is 5.69 Å². The Morgan fingerprint density at radius 3 is 3.00 bits per heavy atom. The molecular formula is C13H19N3O. The summed E-state index contributed by atoms with van der Waals surface area (Å²) in [6, 6.07) is 3.85. The molecule has 0 spiro atoms. The van der Waals surface area contributed by atoms with Gasteiger partial charge in [0.15, 0.2) is 0 Å². The Morgan fingerprint density at radius 2 is 2.29 bits per heavy atom. The van der Waals surface area contributed by atoms with Gasteiger partial charge in [0.2, 0.25) is 0 Å². The second kappa shape index (κ2) is 7.64. The molecule has 0 atom stereocenters. The number of pyridine rings is 1. The minimum atomic E-state index is 0.298. The standard InChI is InChI=1S/C13H19N3O/c1-11(2)17-8-4-3-6-16-13-10-15-7-5-12(13)9-14/h5,7,10-11,16H,3-4,6,8H2,1-2H3. The van der Waals surface area contributed by atoms with Crippen molar-refractivity contribution in [2.75, 3.05) is 18.5 Å². The first-order chi connectivity index (χ1) is 8.24. The van der Waals surface area contributed by atoms with Gasteiger partial charge in [-0.15, -0.1) is 0 Å². The molecule has 0 saturated carbocycles. The van der Waals surface area contributed by atoms with Gasteiger partial charge in [-0.3, -0.25) is 4.98 Å². The summed E-state index contributed by atoms with van der Waals surface area (Å²) < 4.78 is 5.45. The molecule has 17 heavy (non-hydrogen) atoms. The number of unbranched alkanes of at least 4 members (excludes halogenated alkanes) is 1. The third kappa shape index (κ3) is 5.32. The monoisotopic (exact) mass is 233 g/mol. The number of hydrogen-bond acceptors (Lipinski definition) is 4. The van der Waals surface area contributed by atoms with Crippen LogP contribution in [0.15, 0.2) is 18.5 Å². The molecule has 1 heterocycles. The molecule has 0 aromatic carbocycles. The molecule has 0 bridgehead atoms. The van der Waals surface area contributed by atoms with Crippen molar-refractivity contribution in [3.8, 4) is 6.07 Å². The summed E-state index contributed by atoms with van der Waals surface area (Å²) in [5.41, 5.74) is 1.44. The van der Waals surface area contributed by atoms with Crippen LogP contribution in [0.5, 0.6) is 0 Å². The van der Waals surface area contributed by atoms with E-state index in [1.807, 2.05) is 13.8 Å². The van der Waals surface area contributed by atoms with E-state index in [4.69, 9.17) is 10.00 Å². The van der Waals surface area contributed by atoms with Gasteiger partial charge in [-0.05, 0) is 32.8 Å². The topological polar surface area (TPSA) is 57.9 Å². The molecule has 1 N–H and O–H groups in total. The number of nitrogens with one attached hydrogen (secondary N) is 1. The van der Waals surface area contributed by atoms with E-state index in [0.717, 1.165) is 31.7 Å². The molecular weight excluding hydrogens is 214 g/mol. The van der Waals surface area contributed by atoms with Gasteiger partial charge in [0.25, 0.3) is 0 Å². The lowest BCUT2D eigenvalue weighted by atomic mass is 10.2. The first-order valence-corrected chi connectivity index (χ1v) is 5.93. The number of nitriles is 1. The van der Waals surface area contributed by atoms with Crippen LogP contribution in [-0.2, 0) is 4.74 Å². The fraction of sp³-hybridized carbons (Fsp3) is 0.538. The predicted molar refractivity (Wildman–Crippen MR) is 67.8 cm³/mol. The summed E-state index contributed by atoms with van der Waals surface area (Å²) in [6.45, 7) is 5.69. The fourth-order valence-electron chi connectivity index (χ4n) is 1.40. The minimum Gasteiger partial charge on any atom is -0.383 e. The average molecular weight is 233 g/mol. The number of nitrogens with zero attached hydrogens (tertiary/aromatic N) is 2. The van der Waals surface area contributed by atoms with Crippen LogP contribution in [0.2, 0.25) is 0 Å². The Bertz CT molecular complexity index is 371. The molecule has 0 amide bonds. The van der Waals surface area contributed by atoms with Crippen LogP contribution in [0.3, 0.4) is 0 Å². The van der Waals surface area contributed by atoms with Crippen molar-refractivity contribution < 1.29 is 4.74 Å². The van der Waals surface area contributed by atoms with Gasteiger partial charge in [0.1, 0.15) is 6.07 Å². The van der Waals surface area contributed by atoms with Crippen LogP contribution in [-0.4, -0.2) is 24.2 Å². The van der Waals surface area contributed by atoms with Crippen molar-refractivity contribution in [1.82, 2.24) is 4.98 Å². The van der Waals surface area contributed by atoms with Gasteiger partial charge in [-0.2, -0.15) is 5.26 Å². The predicted octanol–water partition coefficient (Wildman–Crippen LogP) is 2.57. The zero-order chi connectivity index (χ0) is 12.5. The molecule has 0 unspecified atom stereocenters. The quantitative estimate of drug-likeness (QED) is 0.735. The average Bonchev–Trinajstić information content (AvgIpc) is 2.33. The molecule has 0 aliphatic heterocycles. The van der Waals surface area contributed by atoms with Gasteiger partial charge < -0.3 is 10.1 Å². The van der Waals surface area contributed by atoms with Crippen molar-refractivity contribution in [2.24, 2.45) is 0 Å². The van der Waals surface area contributed by atoms with Crippen LogP contribution >= 0.6 is 0 Å². The third-order valence-corrected chi connectivity index (χ3v) is 2.28. The maximum atomic E-state index is 8.88. The number of rotatable bonds is 7. The Labute approximate surface area is 103 Å². The van der Waals surface area contributed by atoms with Crippen molar-refractivity contribution in [3.63, 3.8) is 0 Å². The van der Waals surface area contributed by atoms with E-state index < -0.39 is 0 Å². The van der Waals surface area contributed by atoms with E-state index >= 15 is 0 Å². The largest absolute Gasteiger partial charge is 0.383 e. The van der Waals surface area contributed by atoms with E-state index in [1.54, 1.807) is 18.5 Å². The highest BCUT2D eigenvalue weighted by Crippen LogP contribution is 2.11. The smallest absolute Gasteiger partial charge is 0.101 e. The number of aromatic nitrogens is 1. The fourth-order valence-corrected chi connectivity index (χ4v) is 1.40. The minimum absolute atomic E-state index is 0.298. The third-order valence-electron chi connectivity index (χ3n) is 2.28. The van der Waals surface area contributed by atoms with Gasteiger partial charge in [-0.25, -0.2) is 0 Å². The Balaban J connectivity index is 2.20. The van der Waals surface area contributed by atoms with Gasteiger partial charge in [0, 0.05) is 19.3 Å². The van der Waals surface area contributed by atoms with Gasteiger partial charge >= 0.3 is 0 Å². The molecule has 92 valence electrons. The van der Waals surface area contributed by atoms with Crippen LogP contribution in [0.25, 0.3) is 0 Å². The summed E-state index contributed by atoms with van der Waals surface area (Å²) in [4.78, 5) is 3.99. The number of anilines is 1. The van der Waals surface area contributed by atoms with Crippen molar-refractivity contribution in [2.45, 2.75) is 32.8 Å². The van der Waals surface area contributed by atoms with E-state index in [9.17, 15) is 0 Å². The van der Waals surface area contributed by atoms with Gasteiger partial charge in [0.05, 0.1) is 23.6 Å². The first kappa shape index (κ1) is 13.5. The molecule has 0 aliphatic carbocycles. The second-order valence-corrected chi connectivity index (χ2v) is 4.09. The first-order valence-electron chi connectivity index (χ1n) is 5.93. The normalized spacial score (nSPS) is 10.2. The maximum absolute atomic E-state index is 8.88. The van der Waals surface area contributed by atoms with Gasteiger partial charge in [-0.1, -0.05) is 0 Å². The summed E-state index contributed by atoms with van der Waals surface area (Å²) >= 11 is 0. The van der Waals surface area contributed by atoms with E-state index in [2.05, 4.69) is 16.4 Å². The van der Waals surface area contributed by atoms with Crippen LogP contribution < -0.4 is 5.32 Å². The Hall–Kier alpha value is -1.60. The summed E-state index contributed by atoms with van der Waals surface area (Å²) in [5.74, 6) is 0. The molecule has 1 aromatic heterocycles. The van der Waals surface area contributed by atoms with Crippen LogP contribution in [0.1, 0.15) is 32.3 Å². The zero-order valence-corrected chi connectivity index (χ0v) is 10.4. The SMILES string of the molecule is CC(C)OCCCCNc1cnccc1C#N.